The Morgan fingerprint density at radius 2 is 1.97 bits per heavy atom. The van der Waals surface area contributed by atoms with Crippen LogP contribution >= 0.6 is 0 Å². The number of Topliss-reactive ketones (excluding diaryl/α,β-unsaturated/α-hetero) is 1. The van der Waals surface area contributed by atoms with Crippen molar-refractivity contribution in [3.8, 4) is 11.5 Å². The Morgan fingerprint density at radius 3 is 2.82 bits per heavy atom. The first-order chi connectivity index (χ1) is 16.6. The number of fused-ring (bicyclic) bond motifs is 1. The number of unbranched alkanes of at least 4 members (excludes halogenated alkanes) is 5. The lowest BCUT2D eigenvalue weighted by Crippen LogP contribution is -2.22. The molecule has 1 saturated carbocycles. The molecule has 34 heavy (non-hydrogen) atoms. The molecule has 0 radical (unpaired) electrons. The Kier molecular flexibility index (Phi) is 10.9. The third-order valence-electron chi connectivity index (χ3n) is 6.93. The molecular weight excluding hydrogens is 430 g/mol. The van der Waals surface area contributed by atoms with Gasteiger partial charge in [0.25, 0.3) is 0 Å². The monoisotopic (exact) mass is 471 g/mol. The van der Waals surface area contributed by atoms with Crippen molar-refractivity contribution < 1.29 is 24.2 Å². The van der Waals surface area contributed by atoms with Gasteiger partial charge >= 0.3 is 0 Å². The number of nitrogens with one attached hydrogen (secondary N) is 1. The van der Waals surface area contributed by atoms with Crippen molar-refractivity contribution in [2.45, 2.75) is 96.6 Å². The van der Waals surface area contributed by atoms with Crippen LogP contribution in [0.3, 0.4) is 0 Å². The molecule has 1 aromatic rings. The molecule has 188 valence electrons. The predicted octanol–water partition coefficient (Wildman–Crippen LogP) is 5.46. The van der Waals surface area contributed by atoms with Crippen LogP contribution in [0.15, 0.2) is 30.4 Å². The lowest BCUT2D eigenvalue weighted by atomic mass is 9.89. The minimum absolute atomic E-state index is 0.0614. The van der Waals surface area contributed by atoms with Crippen molar-refractivity contribution in [1.29, 1.82) is 0 Å². The van der Waals surface area contributed by atoms with Crippen LogP contribution < -0.4 is 14.8 Å². The van der Waals surface area contributed by atoms with E-state index in [1.54, 1.807) is 0 Å². The van der Waals surface area contributed by atoms with Gasteiger partial charge in [0.15, 0.2) is 11.5 Å². The van der Waals surface area contributed by atoms with Crippen molar-refractivity contribution in [2.24, 2.45) is 11.8 Å². The second-order valence-corrected chi connectivity index (χ2v) is 9.64. The summed E-state index contributed by atoms with van der Waals surface area (Å²) >= 11 is 0. The van der Waals surface area contributed by atoms with Gasteiger partial charge in [0.2, 0.25) is 12.7 Å². The maximum atomic E-state index is 12.3. The van der Waals surface area contributed by atoms with E-state index in [9.17, 15) is 14.7 Å². The highest BCUT2D eigenvalue weighted by molar-refractivity contribution is 5.83. The van der Waals surface area contributed by atoms with E-state index in [1.807, 2.05) is 24.3 Å². The summed E-state index contributed by atoms with van der Waals surface area (Å²) in [4.78, 5) is 24.5. The molecule has 0 unspecified atom stereocenters. The number of ketones is 1. The van der Waals surface area contributed by atoms with Crippen LogP contribution in [-0.4, -0.2) is 29.7 Å². The molecule has 1 heterocycles. The summed E-state index contributed by atoms with van der Waals surface area (Å²) in [6, 6.07) is 5.71. The number of carbonyl (C=O) groups excluding carboxylic acids is 2. The summed E-state index contributed by atoms with van der Waals surface area (Å²) < 4.78 is 10.7. The molecule has 1 fully saturated rings. The van der Waals surface area contributed by atoms with Gasteiger partial charge in [-0.3, -0.25) is 9.59 Å². The van der Waals surface area contributed by atoms with Crippen molar-refractivity contribution in [2.75, 3.05) is 6.79 Å². The second kappa shape index (κ2) is 14.1. The first kappa shape index (κ1) is 26.3. The molecule has 2 aliphatic rings. The molecule has 0 saturated heterocycles. The Hall–Kier alpha value is -2.34. The Balaban J connectivity index is 1.26. The maximum Gasteiger partial charge on any atom is 0.231 e. The van der Waals surface area contributed by atoms with E-state index in [-0.39, 0.29) is 30.6 Å². The maximum absolute atomic E-state index is 12.3. The lowest BCUT2D eigenvalue weighted by molar-refractivity contribution is -0.122. The van der Waals surface area contributed by atoms with Crippen LogP contribution in [0, 0.1) is 11.8 Å². The zero-order valence-electron chi connectivity index (χ0n) is 20.6. The van der Waals surface area contributed by atoms with Crippen LogP contribution in [0.25, 0.3) is 0 Å². The summed E-state index contributed by atoms with van der Waals surface area (Å²) in [7, 11) is 0. The van der Waals surface area contributed by atoms with E-state index in [0.29, 0.717) is 25.2 Å². The fourth-order valence-electron chi connectivity index (χ4n) is 4.85. The molecule has 0 aromatic heterocycles. The van der Waals surface area contributed by atoms with Gasteiger partial charge in [0, 0.05) is 25.3 Å². The van der Waals surface area contributed by atoms with Crippen LogP contribution in [0.4, 0.5) is 0 Å². The number of aliphatic hydroxyl groups is 1. The van der Waals surface area contributed by atoms with E-state index in [2.05, 4.69) is 18.3 Å². The fraction of sp³-hybridized carbons (Fsp3) is 0.643. The minimum Gasteiger partial charge on any atom is -0.454 e. The van der Waals surface area contributed by atoms with E-state index in [0.717, 1.165) is 81.3 Å². The molecular formula is C28H41NO5. The summed E-state index contributed by atoms with van der Waals surface area (Å²) in [6.07, 6.45) is 14.7. The van der Waals surface area contributed by atoms with Gasteiger partial charge in [-0.1, -0.05) is 63.7 Å². The average molecular weight is 472 g/mol. The molecule has 1 aliphatic heterocycles. The van der Waals surface area contributed by atoms with Crippen LogP contribution in [0.5, 0.6) is 11.5 Å². The Labute approximate surface area is 204 Å². The number of carbonyl (C=O) groups is 2. The van der Waals surface area contributed by atoms with Crippen molar-refractivity contribution in [3.05, 3.63) is 35.9 Å². The number of aliphatic hydroxyl groups excluding tert-OH is 1. The first-order valence-corrected chi connectivity index (χ1v) is 13.1. The summed E-state index contributed by atoms with van der Waals surface area (Å²) in [5, 5.41) is 13.1. The largest absolute Gasteiger partial charge is 0.454 e. The van der Waals surface area contributed by atoms with Crippen LogP contribution in [0.2, 0.25) is 0 Å². The molecule has 6 heteroatoms. The van der Waals surface area contributed by atoms with Crippen LogP contribution in [-0.2, 0) is 16.1 Å². The normalized spacial score (nSPS) is 20.2. The molecule has 1 aromatic carbocycles. The average Bonchev–Trinajstić information content (AvgIpc) is 3.44. The zero-order valence-corrected chi connectivity index (χ0v) is 20.6. The topological polar surface area (TPSA) is 84.9 Å². The highest BCUT2D eigenvalue weighted by Gasteiger charge is 2.32. The molecule has 6 nitrogen and oxygen atoms in total. The van der Waals surface area contributed by atoms with Gasteiger partial charge in [0.05, 0.1) is 6.10 Å². The quantitative estimate of drug-likeness (QED) is 0.262. The van der Waals surface area contributed by atoms with Gasteiger partial charge in [-0.15, -0.1) is 0 Å². The number of benzene rings is 1. The van der Waals surface area contributed by atoms with Gasteiger partial charge in [-0.25, -0.2) is 0 Å². The third-order valence-corrected chi connectivity index (χ3v) is 6.93. The number of hydrogen-bond donors (Lipinski definition) is 2. The number of allylic oxidation sites excluding steroid dienone is 1. The van der Waals surface area contributed by atoms with Crippen molar-refractivity contribution in [3.63, 3.8) is 0 Å². The minimum atomic E-state index is -0.390. The van der Waals surface area contributed by atoms with E-state index in [1.165, 1.54) is 0 Å². The van der Waals surface area contributed by atoms with Crippen molar-refractivity contribution >= 4 is 11.7 Å². The summed E-state index contributed by atoms with van der Waals surface area (Å²) in [5.74, 6) is 2.29. The summed E-state index contributed by atoms with van der Waals surface area (Å²) in [6.45, 7) is 2.90. The lowest BCUT2D eigenvalue weighted by Gasteiger charge is -2.15. The molecule has 2 N–H and O–H groups in total. The molecule has 1 aliphatic carbocycles. The van der Waals surface area contributed by atoms with E-state index < -0.39 is 0 Å². The molecule has 1 amide bonds. The smallest absolute Gasteiger partial charge is 0.231 e. The van der Waals surface area contributed by atoms with Crippen LogP contribution in [0.1, 0.15) is 89.5 Å². The number of rotatable bonds is 15. The number of hydrogen-bond acceptors (Lipinski definition) is 5. The standard InChI is InChI=1S/C28H41NO5/c1-2-3-6-9-23(30)15-13-22-14-16-25(31)24(22)10-7-4-5-8-11-28(32)29-19-21-12-17-26-27(18-21)34-20-33-26/h12-13,15,17-18,22-24,30H,2-11,14,16,19-20H2,1H3,(H,29,32)/b15-13+/t22-,23-,24+/m0/s1. The zero-order chi connectivity index (χ0) is 24.2. The Morgan fingerprint density at radius 1 is 1.15 bits per heavy atom. The first-order valence-electron chi connectivity index (χ1n) is 13.1. The predicted molar refractivity (Wildman–Crippen MR) is 133 cm³/mol. The molecule has 0 spiro atoms. The molecule has 0 bridgehead atoms. The second-order valence-electron chi connectivity index (χ2n) is 9.64. The SMILES string of the molecule is CCCCC[C@H](O)/C=C/[C@H]1CCC(=O)[C@@H]1CCCCCCC(=O)NCc1ccc2c(c1)OCO2. The number of amides is 1. The van der Waals surface area contributed by atoms with Gasteiger partial charge in [0.1, 0.15) is 5.78 Å². The van der Waals surface area contributed by atoms with Gasteiger partial charge in [-0.2, -0.15) is 0 Å². The van der Waals surface area contributed by atoms with Crippen molar-refractivity contribution in [1.82, 2.24) is 5.32 Å². The molecule has 3 rings (SSSR count). The van der Waals surface area contributed by atoms with E-state index in [4.69, 9.17) is 9.47 Å². The molecule has 3 atom stereocenters. The highest BCUT2D eigenvalue weighted by Crippen LogP contribution is 2.34. The van der Waals surface area contributed by atoms with Gasteiger partial charge in [-0.05, 0) is 49.3 Å². The summed E-state index contributed by atoms with van der Waals surface area (Å²) in [5.41, 5.74) is 0.996. The number of ether oxygens (including phenoxy) is 2. The van der Waals surface area contributed by atoms with E-state index >= 15 is 0 Å². The fourth-order valence-corrected chi connectivity index (χ4v) is 4.85. The van der Waals surface area contributed by atoms with Gasteiger partial charge < -0.3 is 19.9 Å². The third kappa shape index (κ3) is 8.46. The highest BCUT2D eigenvalue weighted by atomic mass is 16.7. The Bertz CT molecular complexity index is 821.